The second kappa shape index (κ2) is 8.30. The Kier molecular flexibility index (Phi) is 6.38. The van der Waals surface area contributed by atoms with Crippen LogP contribution in [-0.2, 0) is 14.9 Å². The highest BCUT2D eigenvalue weighted by Gasteiger charge is 2.37. The smallest absolute Gasteiger partial charge is 0.282 e. The van der Waals surface area contributed by atoms with Crippen LogP contribution >= 0.6 is 0 Å². The first-order valence-corrected chi connectivity index (χ1v) is 9.64. The number of anilines is 1. The molecule has 0 spiro atoms. The van der Waals surface area contributed by atoms with Crippen LogP contribution in [0.5, 0.6) is 0 Å². The molecule has 25 heavy (non-hydrogen) atoms. The number of carbonyl (C=O) groups excluding carboxylic acids is 1. The van der Waals surface area contributed by atoms with Gasteiger partial charge in [-0.3, -0.25) is 9.35 Å². The molecule has 1 aromatic carbocycles. The second-order valence-electron chi connectivity index (χ2n) is 5.88. The van der Waals surface area contributed by atoms with Crippen molar-refractivity contribution in [1.29, 1.82) is 0 Å². The van der Waals surface area contributed by atoms with Gasteiger partial charge < -0.3 is 0 Å². The zero-order valence-corrected chi connectivity index (χ0v) is 14.8. The van der Waals surface area contributed by atoms with Crippen molar-refractivity contribution < 1.29 is 17.8 Å². The highest BCUT2D eigenvalue weighted by atomic mass is 32.2. The fraction of sp³-hybridized carbons (Fsp3) is 0.500. The van der Waals surface area contributed by atoms with Crippen LogP contribution in [0.4, 0.5) is 5.69 Å². The minimum absolute atomic E-state index is 0.284. The number of nitrogens with zero attached hydrogens (tertiary/aromatic N) is 3. The Hall–Kier alpha value is -2.13. The number of hydrogen-bond donors (Lipinski definition) is 1. The summed E-state index contributed by atoms with van der Waals surface area (Å²) in [5.74, 6) is -0.557. The molecule has 0 saturated carbocycles. The predicted molar refractivity (Wildman–Crippen MR) is 94.1 cm³/mol. The van der Waals surface area contributed by atoms with Gasteiger partial charge in [-0.15, -0.1) is 4.91 Å². The molecule has 0 radical (unpaired) electrons. The maximum absolute atomic E-state index is 12.3. The van der Waals surface area contributed by atoms with E-state index in [9.17, 15) is 18.1 Å². The van der Waals surface area contributed by atoms with Crippen molar-refractivity contribution >= 4 is 27.4 Å². The summed E-state index contributed by atoms with van der Waals surface area (Å²) >= 11 is 0. The molecule has 0 unspecified atom stereocenters. The van der Waals surface area contributed by atoms with E-state index in [4.69, 9.17) is 4.55 Å². The van der Waals surface area contributed by atoms with Crippen LogP contribution in [0.2, 0.25) is 0 Å². The Morgan fingerprint density at radius 1 is 1.16 bits per heavy atom. The molecule has 8 nitrogen and oxygen atoms in total. The predicted octanol–water partition coefficient (Wildman–Crippen LogP) is 3.13. The van der Waals surface area contributed by atoms with Gasteiger partial charge in [0.25, 0.3) is 16.0 Å². The Morgan fingerprint density at radius 2 is 1.80 bits per heavy atom. The molecule has 1 aromatic rings. The van der Waals surface area contributed by atoms with Crippen molar-refractivity contribution in [3.8, 4) is 0 Å². The van der Waals surface area contributed by atoms with E-state index >= 15 is 0 Å². The van der Waals surface area contributed by atoms with Crippen LogP contribution in [0.1, 0.15) is 45.4 Å². The van der Waals surface area contributed by atoms with Crippen LogP contribution in [-0.4, -0.2) is 30.6 Å². The molecule has 1 atom stereocenters. The standard InChI is InChI=1S/C16H21N3O5S/c1-2-3-4-5-6-7-14-15(18-21)16(20)19(17-14)12-8-10-13(11-9-12)25(22,23)24/h8-11,15H,2-7H2,1H3,(H,22,23,24)/t15-/m0/s1. The third-order valence-electron chi connectivity index (χ3n) is 4.01. The molecule has 0 fully saturated rings. The summed E-state index contributed by atoms with van der Waals surface area (Å²) in [6, 6.07) is 3.89. The summed E-state index contributed by atoms with van der Waals surface area (Å²) in [6.45, 7) is 2.12. The molecule has 0 aromatic heterocycles. The number of rotatable bonds is 9. The maximum Gasteiger partial charge on any atom is 0.294 e. The Bertz CT molecular complexity index is 758. The lowest BCUT2D eigenvalue weighted by Crippen LogP contribution is -2.30. The Morgan fingerprint density at radius 3 is 2.36 bits per heavy atom. The molecule has 2 rings (SSSR count). The lowest BCUT2D eigenvalue weighted by Gasteiger charge is -2.12. The van der Waals surface area contributed by atoms with E-state index in [2.05, 4.69) is 17.2 Å². The van der Waals surface area contributed by atoms with Crippen LogP contribution in [0.3, 0.4) is 0 Å². The maximum atomic E-state index is 12.3. The number of benzene rings is 1. The lowest BCUT2D eigenvalue weighted by molar-refractivity contribution is -0.117. The van der Waals surface area contributed by atoms with E-state index in [-0.39, 0.29) is 4.90 Å². The van der Waals surface area contributed by atoms with E-state index in [0.717, 1.165) is 37.1 Å². The van der Waals surface area contributed by atoms with E-state index in [1.807, 2.05) is 0 Å². The zero-order chi connectivity index (χ0) is 18.4. The van der Waals surface area contributed by atoms with Gasteiger partial charge in [0.1, 0.15) is 0 Å². The van der Waals surface area contributed by atoms with E-state index < -0.39 is 22.1 Å². The largest absolute Gasteiger partial charge is 0.294 e. The molecule has 1 aliphatic heterocycles. The summed E-state index contributed by atoms with van der Waals surface area (Å²) in [5, 5.41) is 8.14. The van der Waals surface area contributed by atoms with Gasteiger partial charge >= 0.3 is 0 Å². The molecule has 136 valence electrons. The van der Waals surface area contributed by atoms with Crippen molar-refractivity contribution in [2.45, 2.75) is 56.4 Å². The van der Waals surface area contributed by atoms with Crippen molar-refractivity contribution in [1.82, 2.24) is 0 Å². The van der Waals surface area contributed by atoms with Gasteiger partial charge in [-0.25, -0.2) is 0 Å². The normalized spacial score (nSPS) is 17.7. The molecule has 1 heterocycles. The highest BCUT2D eigenvalue weighted by Crippen LogP contribution is 2.25. The highest BCUT2D eigenvalue weighted by molar-refractivity contribution is 7.85. The summed E-state index contributed by atoms with van der Waals surface area (Å²) in [4.78, 5) is 23.1. The molecular weight excluding hydrogens is 346 g/mol. The Balaban J connectivity index is 2.12. The molecule has 1 aliphatic rings. The topological polar surface area (TPSA) is 116 Å². The molecule has 0 saturated heterocycles. The SMILES string of the molecule is CCCCCCCC1=NN(c2ccc(S(=O)(=O)O)cc2)C(=O)[C@H]1N=O. The van der Waals surface area contributed by atoms with Crippen LogP contribution < -0.4 is 5.01 Å². The first kappa shape index (κ1) is 19.2. The molecule has 1 amide bonds. The van der Waals surface area contributed by atoms with E-state index in [1.165, 1.54) is 24.3 Å². The summed E-state index contributed by atoms with van der Waals surface area (Å²) in [7, 11) is -4.31. The fourth-order valence-corrected chi connectivity index (χ4v) is 3.12. The number of amides is 1. The summed E-state index contributed by atoms with van der Waals surface area (Å²) in [6.07, 6.45) is 5.71. The average Bonchev–Trinajstić information content (AvgIpc) is 2.89. The number of carbonyl (C=O) groups is 1. The summed E-state index contributed by atoms with van der Waals surface area (Å²) in [5.41, 5.74) is 0.738. The molecule has 0 aliphatic carbocycles. The van der Waals surface area contributed by atoms with Gasteiger partial charge in [0, 0.05) is 0 Å². The van der Waals surface area contributed by atoms with E-state index in [1.54, 1.807) is 0 Å². The third kappa shape index (κ3) is 4.70. The minimum atomic E-state index is -4.31. The third-order valence-corrected chi connectivity index (χ3v) is 4.88. The van der Waals surface area contributed by atoms with Gasteiger partial charge in [-0.1, -0.05) is 37.8 Å². The fourth-order valence-electron chi connectivity index (χ4n) is 2.64. The van der Waals surface area contributed by atoms with Gasteiger partial charge in [0.15, 0.2) is 0 Å². The van der Waals surface area contributed by atoms with E-state index in [0.29, 0.717) is 17.8 Å². The quantitative estimate of drug-likeness (QED) is 0.409. The van der Waals surface area contributed by atoms with Crippen molar-refractivity contribution in [3.05, 3.63) is 29.2 Å². The van der Waals surface area contributed by atoms with Crippen molar-refractivity contribution in [3.63, 3.8) is 0 Å². The Labute approximate surface area is 146 Å². The van der Waals surface area contributed by atoms with Crippen molar-refractivity contribution in [2.75, 3.05) is 5.01 Å². The van der Waals surface area contributed by atoms with Gasteiger partial charge in [0.2, 0.25) is 6.04 Å². The molecule has 0 bridgehead atoms. The van der Waals surface area contributed by atoms with Gasteiger partial charge in [-0.05, 0) is 37.1 Å². The lowest BCUT2D eigenvalue weighted by atomic mass is 10.0. The number of hydrazone groups is 1. The zero-order valence-electron chi connectivity index (χ0n) is 14.0. The second-order valence-corrected chi connectivity index (χ2v) is 7.30. The number of nitroso groups, excluding NO2 is 1. The van der Waals surface area contributed by atoms with Gasteiger partial charge in [-0.2, -0.15) is 18.5 Å². The molecular formula is C16H21N3O5S. The molecule has 1 N–H and O–H groups in total. The van der Waals surface area contributed by atoms with Gasteiger partial charge in [0.05, 0.1) is 16.3 Å². The van der Waals surface area contributed by atoms with Crippen LogP contribution in [0.15, 0.2) is 39.4 Å². The van der Waals surface area contributed by atoms with Crippen molar-refractivity contribution in [2.24, 2.45) is 10.3 Å². The monoisotopic (exact) mass is 367 g/mol. The minimum Gasteiger partial charge on any atom is -0.282 e. The number of hydrogen-bond acceptors (Lipinski definition) is 6. The summed E-state index contributed by atoms with van der Waals surface area (Å²) < 4.78 is 31.1. The average molecular weight is 367 g/mol. The van der Waals surface area contributed by atoms with Crippen LogP contribution in [0, 0.1) is 4.91 Å². The van der Waals surface area contributed by atoms with Crippen LogP contribution in [0.25, 0.3) is 0 Å². The number of unbranched alkanes of at least 4 members (excludes halogenated alkanes) is 4. The molecule has 9 heteroatoms. The first-order valence-electron chi connectivity index (χ1n) is 8.20. The first-order chi connectivity index (χ1) is 11.9.